The van der Waals surface area contributed by atoms with E-state index in [0.717, 1.165) is 6.42 Å². The lowest BCUT2D eigenvalue weighted by Gasteiger charge is -2.54. The highest BCUT2D eigenvalue weighted by Crippen LogP contribution is 2.62. The summed E-state index contributed by atoms with van der Waals surface area (Å²) in [7, 11) is 0. The molecule has 9 atom stereocenters. The zero-order valence-corrected chi connectivity index (χ0v) is 12.8. The number of hydrogen-bond donors (Lipinski definition) is 2. The minimum Gasteiger partial charge on any atom is -0.480 e. The summed E-state index contributed by atoms with van der Waals surface area (Å²) in [5.74, 6) is -2.27. The van der Waals surface area contributed by atoms with Crippen molar-refractivity contribution < 1.29 is 19.8 Å². The molecule has 3 unspecified atom stereocenters. The van der Waals surface area contributed by atoms with Crippen LogP contribution >= 0.6 is 0 Å². The molecule has 0 radical (unpaired) electrons. The predicted molar refractivity (Wildman–Crippen MR) is 79.8 cm³/mol. The summed E-state index contributed by atoms with van der Waals surface area (Å²) in [6, 6.07) is 0. The maximum atomic E-state index is 13.3. The van der Waals surface area contributed by atoms with E-state index in [1.165, 1.54) is 0 Å². The molecule has 2 N–H and O–H groups in total. The molecular weight excluding hydrogens is 280 g/mol. The summed E-state index contributed by atoms with van der Waals surface area (Å²) in [4.78, 5) is 25.6. The fourth-order valence-corrected chi connectivity index (χ4v) is 5.95. The highest BCUT2D eigenvalue weighted by atomic mass is 16.4. The normalized spacial score (nSPS) is 55.1. The first-order chi connectivity index (χ1) is 10.4. The van der Waals surface area contributed by atoms with Gasteiger partial charge in [0.05, 0.1) is 6.10 Å². The number of carbonyl (C=O) groups excluding carboxylic acids is 1. The van der Waals surface area contributed by atoms with Crippen LogP contribution in [0.5, 0.6) is 0 Å². The van der Waals surface area contributed by atoms with Gasteiger partial charge in [-0.25, -0.2) is 0 Å². The van der Waals surface area contributed by atoms with Gasteiger partial charge < -0.3 is 10.2 Å². The van der Waals surface area contributed by atoms with Gasteiger partial charge in [0.1, 0.15) is 5.41 Å². The zero-order chi connectivity index (χ0) is 15.8. The number of carbonyl (C=O) groups is 2. The van der Waals surface area contributed by atoms with Crippen molar-refractivity contribution in [2.75, 3.05) is 0 Å². The SMILES string of the molecule is C[C@@H]1C=C[C@H](C)[C@H]2C(O)C3C(C(=O)[C@]12C(=O)O)[C@@H]1C=C[C@H]3C1. The van der Waals surface area contributed by atoms with Gasteiger partial charge in [-0.3, -0.25) is 9.59 Å². The Labute approximate surface area is 129 Å². The molecule has 4 heteroatoms. The summed E-state index contributed by atoms with van der Waals surface area (Å²) in [5.41, 5.74) is -1.47. The second kappa shape index (κ2) is 4.31. The third-order valence-electron chi connectivity index (χ3n) is 6.86. The van der Waals surface area contributed by atoms with E-state index in [9.17, 15) is 19.8 Å². The first-order valence-electron chi connectivity index (χ1n) is 8.23. The molecule has 2 saturated carbocycles. The van der Waals surface area contributed by atoms with E-state index < -0.39 is 23.4 Å². The second-order valence-electron chi connectivity index (χ2n) is 7.64. The number of allylic oxidation sites excluding steroid dienone is 4. The van der Waals surface area contributed by atoms with Crippen LogP contribution < -0.4 is 0 Å². The van der Waals surface area contributed by atoms with Gasteiger partial charge in [0.2, 0.25) is 0 Å². The Morgan fingerprint density at radius 1 is 1.18 bits per heavy atom. The third-order valence-corrected chi connectivity index (χ3v) is 6.86. The van der Waals surface area contributed by atoms with Crippen molar-refractivity contribution in [3.05, 3.63) is 24.3 Å². The molecule has 4 aliphatic carbocycles. The van der Waals surface area contributed by atoms with Crippen LogP contribution in [-0.4, -0.2) is 28.1 Å². The first-order valence-corrected chi connectivity index (χ1v) is 8.23. The van der Waals surface area contributed by atoms with E-state index in [1.54, 1.807) is 6.92 Å². The van der Waals surface area contributed by atoms with Gasteiger partial charge in [0, 0.05) is 17.8 Å². The summed E-state index contributed by atoms with van der Waals surface area (Å²) < 4.78 is 0. The standard InChI is InChI=1S/C18H22O4/c1-8-3-4-9(2)18(17(21)22)14(8)15(19)12-10-5-6-11(7-10)13(12)16(18)20/h3-6,8-15,19H,7H2,1-2H3,(H,21,22)/t8-,9+,10-,11+,12?,13?,14-,15?,18-/m0/s1. The summed E-state index contributed by atoms with van der Waals surface area (Å²) in [6.07, 6.45) is 8.15. The van der Waals surface area contributed by atoms with Crippen molar-refractivity contribution in [2.24, 2.45) is 46.8 Å². The monoisotopic (exact) mass is 302 g/mol. The molecule has 118 valence electrons. The van der Waals surface area contributed by atoms with E-state index in [4.69, 9.17) is 0 Å². The minimum absolute atomic E-state index is 0.0962. The summed E-state index contributed by atoms with van der Waals surface area (Å²) >= 11 is 0. The van der Waals surface area contributed by atoms with Gasteiger partial charge in [-0.1, -0.05) is 38.2 Å². The molecule has 0 aromatic heterocycles. The van der Waals surface area contributed by atoms with Crippen molar-refractivity contribution in [1.29, 1.82) is 0 Å². The van der Waals surface area contributed by atoms with Gasteiger partial charge in [0.15, 0.2) is 5.78 Å². The first kappa shape index (κ1) is 14.2. The van der Waals surface area contributed by atoms with E-state index >= 15 is 0 Å². The smallest absolute Gasteiger partial charge is 0.318 e. The van der Waals surface area contributed by atoms with Gasteiger partial charge in [-0.15, -0.1) is 0 Å². The molecule has 2 bridgehead atoms. The number of hydrogen-bond acceptors (Lipinski definition) is 3. The Morgan fingerprint density at radius 2 is 1.86 bits per heavy atom. The number of aliphatic hydroxyl groups is 1. The number of ketones is 1. The van der Waals surface area contributed by atoms with Crippen molar-refractivity contribution in [1.82, 2.24) is 0 Å². The number of carboxylic acids is 1. The van der Waals surface area contributed by atoms with Crippen LogP contribution in [0.25, 0.3) is 0 Å². The second-order valence-corrected chi connectivity index (χ2v) is 7.64. The summed E-state index contributed by atoms with van der Waals surface area (Å²) in [5, 5.41) is 21.0. The molecule has 0 saturated heterocycles. The molecule has 4 aliphatic rings. The van der Waals surface area contributed by atoms with Crippen LogP contribution in [0.1, 0.15) is 20.3 Å². The predicted octanol–water partition coefficient (Wildman–Crippen LogP) is 1.90. The Balaban J connectivity index is 1.91. The van der Waals surface area contributed by atoms with E-state index in [-0.39, 0.29) is 41.3 Å². The quantitative estimate of drug-likeness (QED) is 0.573. The molecule has 0 spiro atoms. The van der Waals surface area contributed by atoms with Gasteiger partial charge in [-0.2, -0.15) is 0 Å². The molecule has 0 aromatic carbocycles. The highest BCUT2D eigenvalue weighted by molar-refractivity contribution is 6.06. The van der Waals surface area contributed by atoms with Crippen LogP contribution in [0.3, 0.4) is 0 Å². The summed E-state index contributed by atoms with van der Waals surface area (Å²) in [6.45, 7) is 3.72. The Hall–Kier alpha value is -1.42. The van der Waals surface area contributed by atoms with Crippen LogP contribution in [0, 0.1) is 46.8 Å². The highest BCUT2D eigenvalue weighted by Gasteiger charge is 2.70. The van der Waals surface area contributed by atoms with E-state index in [1.807, 2.05) is 19.1 Å². The van der Waals surface area contributed by atoms with Crippen LogP contribution in [0.4, 0.5) is 0 Å². The van der Waals surface area contributed by atoms with Crippen LogP contribution in [-0.2, 0) is 9.59 Å². The van der Waals surface area contributed by atoms with Gasteiger partial charge >= 0.3 is 5.97 Å². The van der Waals surface area contributed by atoms with Gasteiger partial charge in [-0.05, 0) is 30.1 Å². The Morgan fingerprint density at radius 3 is 2.55 bits per heavy atom. The molecule has 0 amide bonds. The third kappa shape index (κ3) is 1.38. The topological polar surface area (TPSA) is 74.6 Å². The van der Waals surface area contributed by atoms with Crippen LogP contribution in [0.15, 0.2) is 24.3 Å². The van der Waals surface area contributed by atoms with Crippen molar-refractivity contribution >= 4 is 11.8 Å². The fraction of sp³-hybridized carbons (Fsp3) is 0.667. The molecule has 22 heavy (non-hydrogen) atoms. The maximum absolute atomic E-state index is 13.3. The zero-order valence-electron chi connectivity index (χ0n) is 12.8. The van der Waals surface area contributed by atoms with Gasteiger partial charge in [0.25, 0.3) is 0 Å². The maximum Gasteiger partial charge on any atom is 0.318 e. The lowest BCUT2D eigenvalue weighted by molar-refractivity contribution is -0.186. The lowest BCUT2D eigenvalue weighted by atomic mass is 9.47. The molecular formula is C18H22O4. The molecule has 4 nitrogen and oxygen atoms in total. The van der Waals surface area contributed by atoms with Crippen molar-refractivity contribution in [3.8, 4) is 0 Å². The van der Waals surface area contributed by atoms with E-state index in [0.29, 0.717) is 0 Å². The Bertz CT molecular complexity index is 606. The van der Waals surface area contributed by atoms with Crippen LogP contribution in [0.2, 0.25) is 0 Å². The minimum atomic E-state index is -1.47. The molecule has 0 aromatic rings. The number of fused-ring (bicyclic) bond motifs is 6. The number of aliphatic carboxylic acids is 1. The largest absolute Gasteiger partial charge is 0.480 e. The number of Topliss-reactive ketones (excluding diaryl/α,β-unsaturated/α-hetero) is 1. The Kier molecular flexibility index (Phi) is 2.78. The average Bonchev–Trinajstić information content (AvgIpc) is 3.07. The lowest BCUT2D eigenvalue weighted by Crippen LogP contribution is -2.65. The molecule has 0 aliphatic heterocycles. The molecule has 0 heterocycles. The fourth-order valence-electron chi connectivity index (χ4n) is 5.95. The number of carboxylic acid groups (broad SMARTS) is 1. The van der Waals surface area contributed by atoms with Crippen molar-refractivity contribution in [3.63, 3.8) is 0 Å². The number of rotatable bonds is 1. The molecule has 2 fully saturated rings. The average molecular weight is 302 g/mol. The van der Waals surface area contributed by atoms with Crippen molar-refractivity contribution in [2.45, 2.75) is 26.4 Å². The number of aliphatic hydroxyl groups excluding tert-OH is 1. The van der Waals surface area contributed by atoms with E-state index in [2.05, 4.69) is 12.2 Å². The molecule has 4 rings (SSSR count).